The highest BCUT2D eigenvalue weighted by Crippen LogP contribution is 2.28. The monoisotopic (exact) mass is 370 g/mol. The Hall–Kier alpha value is -2.80. The Morgan fingerprint density at radius 1 is 1.23 bits per heavy atom. The molecule has 134 valence electrons. The van der Waals surface area contributed by atoms with Crippen LogP contribution in [0.3, 0.4) is 0 Å². The molecule has 7 heteroatoms. The van der Waals surface area contributed by atoms with E-state index in [-0.39, 0.29) is 17.9 Å². The van der Waals surface area contributed by atoms with Gasteiger partial charge < -0.3 is 9.72 Å². The number of carbonyl (C=O) groups excluding carboxylic acids is 2. The van der Waals surface area contributed by atoms with Gasteiger partial charge in [-0.05, 0) is 38.0 Å². The maximum Gasteiger partial charge on any atom is 0.338 e. The van der Waals surface area contributed by atoms with Crippen LogP contribution in [0.4, 0.5) is 0 Å². The number of ether oxygens (including phenoxy) is 1. The fraction of sp³-hybridized carbons (Fsp3) is 0.263. The largest absolute Gasteiger partial charge is 0.454 e. The van der Waals surface area contributed by atoms with Crippen LogP contribution in [0.1, 0.15) is 34.6 Å². The van der Waals surface area contributed by atoms with Crippen molar-refractivity contribution in [1.82, 2.24) is 9.97 Å². The summed E-state index contributed by atoms with van der Waals surface area (Å²) in [4.78, 5) is 44.4. The number of carbonyl (C=O) groups is 2. The van der Waals surface area contributed by atoms with Crippen LogP contribution in [0, 0.1) is 6.92 Å². The second kappa shape index (κ2) is 7.21. The van der Waals surface area contributed by atoms with Crippen LogP contribution in [-0.4, -0.2) is 28.3 Å². The molecule has 0 aliphatic rings. The summed E-state index contributed by atoms with van der Waals surface area (Å²) in [5.41, 5.74) is 1.90. The standard InChI is InChI=1S/C19H18N2O4S/c1-4-14-11(3)26-18-15(14)17(23)20-16(21-18)12-5-7-13(8-6-12)19(24)25-9-10(2)22/h5-8H,4,9H2,1-3H3,(H,20,21,23). The smallest absolute Gasteiger partial charge is 0.338 e. The molecule has 1 N–H and O–H groups in total. The molecule has 2 aromatic heterocycles. The Morgan fingerprint density at radius 2 is 1.92 bits per heavy atom. The predicted molar refractivity (Wildman–Crippen MR) is 101 cm³/mol. The minimum absolute atomic E-state index is 0.156. The van der Waals surface area contributed by atoms with E-state index in [1.54, 1.807) is 24.3 Å². The van der Waals surface area contributed by atoms with Crippen molar-refractivity contribution >= 4 is 33.3 Å². The molecule has 6 nitrogen and oxygen atoms in total. The molecule has 0 spiro atoms. The van der Waals surface area contributed by atoms with Gasteiger partial charge in [0.1, 0.15) is 17.3 Å². The zero-order valence-electron chi connectivity index (χ0n) is 14.7. The second-order valence-corrected chi connectivity index (χ2v) is 7.14. The van der Waals surface area contributed by atoms with Crippen LogP contribution < -0.4 is 5.56 Å². The van der Waals surface area contributed by atoms with Crippen LogP contribution in [0.25, 0.3) is 21.6 Å². The van der Waals surface area contributed by atoms with E-state index >= 15 is 0 Å². The topological polar surface area (TPSA) is 89.1 Å². The van der Waals surface area contributed by atoms with E-state index in [0.29, 0.717) is 27.2 Å². The van der Waals surface area contributed by atoms with Crippen LogP contribution in [0.2, 0.25) is 0 Å². The lowest BCUT2D eigenvalue weighted by molar-refractivity contribution is -0.120. The van der Waals surface area contributed by atoms with Gasteiger partial charge in [-0.3, -0.25) is 9.59 Å². The number of esters is 1. The first-order valence-electron chi connectivity index (χ1n) is 8.20. The number of ketones is 1. The summed E-state index contributed by atoms with van der Waals surface area (Å²) in [6, 6.07) is 6.55. The Bertz CT molecular complexity index is 1050. The number of Topliss-reactive ketones (excluding diaryl/α,β-unsaturated/α-hetero) is 1. The molecular formula is C19H18N2O4S. The number of hydrogen-bond acceptors (Lipinski definition) is 6. The normalized spacial score (nSPS) is 10.9. The lowest BCUT2D eigenvalue weighted by Gasteiger charge is -2.05. The first-order chi connectivity index (χ1) is 12.4. The lowest BCUT2D eigenvalue weighted by atomic mass is 10.1. The number of benzene rings is 1. The maximum absolute atomic E-state index is 12.5. The summed E-state index contributed by atoms with van der Waals surface area (Å²) in [6.45, 7) is 5.12. The Balaban J connectivity index is 1.93. The first kappa shape index (κ1) is 18.0. The number of thiophene rings is 1. The van der Waals surface area contributed by atoms with E-state index < -0.39 is 5.97 Å². The molecule has 0 saturated carbocycles. The lowest BCUT2D eigenvalue weighted by Crippen LogP contribution is -2.11. The van der Waals surface area contributed by atoms with Crippen LogP contribution in [0.5, 0.6) is 0 Å². The number of nitrogens with zero attached hydrogens (tertiary/aromatic N) is 1. The minimum Gasteiger partial charge on any atom is -0.454 e. The molecule has 0 bridgehead atoms. The highest BCUT2D eigenvalue weighted by Gasteiger charge is 2.15. The molecule has 0 radical (unpaired) electrons. The number of hydrogen-bond donors (Lipinski definition) is 1. The van der Waals surface area contributed by atoms with Gasteiger partial charge in [0, 0.05) is 10.4 Å². The van der Waals surface area contributed by atoms with Gasteiger partial charge in [-0.15, -0.1) is 11.3 Å². The Morgan fingerprint density at radius 3 is 2.54 bits per heavy atom. The van der Waals surface area contributed by atoms with Gasteiger partial charge in [-0.25, -0.2) is 9.78 Å². The summed E-state index contributed by atoms with van der Waals surface area (Å²) in [7, 11) is 0. The molecule has 3 rings (SSSR count). The van der Waals surface area contributed by atoms with Gasteiger partial charge in [0.05, 0.1) is 10.9 Å². The maximum atomic E-state index is 12.5. The highest BCUT2D eigenvalue weighted by molar-refractivity contribution is 7.18. The van der Waals surface area contributed by atoms with Gasteiger partial charge in [-0.1, -0.05) is 19.1 Å². The van der Waals surface area contributed by atoms with Crippen molar-refractivity contribution in [3.63, 3.8) is 0 Å². The Labute approximate surface area is 153 Å². The molecule has 2 heterocycles. The van der Waals surface area contributed by atoms with Gasteiger partial charge in [0.2, 0.25) is 0 Å². The molecule has 3 aromatic rings. The summed E-state index contributed by atoms with van der Waals surface area (Å²) in [6.07, 6.45) is 0.785. The number of H-pyrrole nitrogens is 1. The number of nitrogens with one attached hydrogen (secondary N) is 1. The summed E-state index contributed by atoms with van der Waals surface area (Å²) in [5, 5.41) is 0.656. The van der Waals surface area contributed by atoms with Crippen molar-refractivity contribution in [2.24, 2.45) is 0 Å². The zero-order chi connectivity index (χ0) is 18.8. The SMILES string of the molecule is CCc1c(C)sc2nc(-c3ccc(C(=O)OCC(C)=O)cc3)[nH]c(=O)c12. The van der Waals surface area contributed by atoms with Gasteiger partial charge in [-0.2, -0.15) is 0 Å². The molecule has 0 aliphatic heterocycles. The molecule has 0 atom stereocenters. The van der Waals surface area contributed by atoms with Crippen LogP contribution >= 0.6 is 11.3 Å². The number of aromatic nitrogens is 2. The van der Waals surface area contributed by atoms with E-state index in [1.165, 1.54) is 18.3 Å². The van der Waals surface area contributed by atoms with Crippen molar-refractivity contribution in [1.29, 1.82) is 0 Å². The number of aryl methyl sites for hydroxylation is 2. The number of fused-ring (bicyclic) bond motifs is 1. The van der Waals surface area contributed by atoms with E-state index in [1.807, 2.05) is 13.8 Å². The van der Waals surface area contributed by atoms with E-state index in [0.717, 1.165) is 16.9 Å². The molecule has 26 heavy (non-hydrogen) atoms. The van der Waals surface area contributed by atoms with E-state index in [2.05, 4.69) is 9.97 Å². The molecule has 0 unspecified atom stereocenters. The van der Waals surface area contributed by atoms with Crippen molar-refractivity contribution in [2.45, 2.75) is 27.2 Å². The van der Waals surface area contributed by atoms with Crippen molar-refractivity contribution in [2.75, 3.05) is 6.61 Å². The van der Waals surface area contributed by atoms with Crippen molar-refractivity contribution in [3.8, 4) is 11.4 Å². The molecule has 1 aromatic carbocycles. The molecular weight excluding hydrogens is 352 g/mol. The number of aromatic amines is 1. The highest BCUT2D eigenvalue weighted by atomic mass is 32.1. The third-order valence-electron chi connectivity index (χ3n) is 4.02. The van der Waals surface area contributed by atoms with Crippen molar-refractivity contribution in [3.05, 3.63) is 50.6 Å². The van der Waals surface area contributed by atoms with Gasteiger partial charge in [0.15, 0.2) is 5.78 Å². The van der Waals surface area contributed by atoms with Gasteiger partial charge >= 0.3 is 5.97 Å². The van der Waals surface area contributed by atoms with Crippen LogP contribution in [-0.2, 0) is 16.0 Å². The fourth-order valence-electron chi connectivity index (χ4n) is 2.75. The minimum atomic E-state index is -0.565. The molecule has 0 saturated heterocycles. The second-order valence-electron chi connectivity index (χ2n) is 5.94. The third kappa shape index (κ3) is 3.43. The quantitative estimate of drug-likeness (QED) is 0.696. The third-order valence-corrected chi connectivity index (χ3v) is 5.06. The van der Waals surface area contributed by atoms with Crippen molar-refractivity contribution < 1.29 is 14.3 Å². The molecule has 0 amide bonds. The zero-order valence-corrected chi connectivity index (χ0v) is 15.5. The fourth-order valence-corrected chi connectivity index (χ4v) is 3.87. The van der Waals surface area contributed by atoms with E-state index in [9.17, 15) is 14.4 Å². The first-order valence-corrected chi connectivity index (χ1v) is 9.01. The summed E-state index contributed by atoms with van der Waals surface area (Å²) < 4.78 is 4.88. The molecule has 0 aliphatic carbocycles. The average Bonchev–Trinajstić information content (AvgIpc) is 2.95. The summed E-state index contributed by atoms with van der Waals surface area (Å²) >= 11 is 1.51. The Kier molecular flexibility index (Phi) is 4.99. The average molecular weight is 370 g/mol. The predicted octanol–water partition coefficient (Wildman–Crippen LogP) is 3.27. The van der Waals surface area contributed by atoms with Gasteiger partial charge in [0.25, 0.3) is 5.56 Å². The molecule has 0 fully saturated rings. The summed E-state index contributed by atoms with van der Waals surface area (Å²) in [5.74, 6) is -0.331. The van der Waals surface area contributed by atoms with Crippen LogP contribution in [0.15, 0.2) is 29.1 Å². The number of rotatable bonds is 5. The van der Waals surface area contributed by atoms with E-state index in [4.69, 9.17) is 4.74 Å².